The van der Waals surface area contributed by atoms with E-state index in [9.17, 15) is 9.18 Å². The normalized spacial score (nSPS) is 10.6. The van der Waals surface area contributed by atoms with Gasteiger partial charge in [-0.05, 0) is 30.2 Å². The maximum atomic E-state index is 13.4. The Bertz CT molecular complexity index is 835. The zero-order valence-electron chi connectivity index (χ0n) is 13.6. The van der Waals surface area contributed by atoms with Crippen molar-refractivity contribution < 1.29 is 9.18 Å². The van der Waals surface area contributed by atoms with Gasteiger partial charge in [0.25, 0.3) is 0 Å². The van der Waals surface area contributed by atoms with Gasteiger partial charge in [-0.2, -0.15) is 0 Å². The van der Waals surface area contributed by atoms with Crippen LogP contribution in [0.3, 0.4) is 0 Å². The second-order valence-corrected chi connectivity index (χ2v) is 6.38. The maximum absolute atomic E-state index is 13.4. The van der Waals surface area contributed by atoms with Gasteiger partial charge in [0.1, 0.15) is 5.82 Å². The summed E-state index contributed by atoms with van der Waals surface area (Å²) in [4.78, 5) is 16.2. The van der Waals surface area contributed by atoms with Crippen LogP contribution >= 0.6 is 11.8 Å². The topological polar surface area (TPSA) is 46.9 Å². The van der Waals surface area contributed by atoms with Crippen LogP contribution in [-0.4, -0.2) is 27.8 Å². The average molecular weight is 355 g/mol. The number of thioether (sulfide) groups is 1. The predicted octanol–water partition coefficient (Wildman–Crippen LogP) is 3.46. The zero-order chi connectivity index (χ0) is 17.5. The Morgan fingerprint density at radius 1 is 1.16 bits per heavy atom. The molecule has 25 heavy (non-hydrogen) atoms. The molecule has 4 nitrogen and oxygen atoms in total. The van der Waals surface area contributed by atoms with Gasteiger partial charge in [0, 0.05) is 18.9 Å². The van der Waals surface area contributed by atoms with Crippen molar-refractivity contribution in [3.63, 3.8) is 0 Å². The minimum atomic E-state index is -0.305. The number of imidazole rings is 1. The van der Waals surface area contributed by atoms with Crippen LogP contribution in [0.1, 0.15) is 5.56 Å². The fourth-order valence-corrected chi connectivity index (χ4v) is 3.19. The van der Waals surface area contributed by atoms with Gasteiger partial charge < -0.3 is 5.32 Å². The van der Waals surface area contributed by atoms with Crippen molar-refractivity contribution in [1.29, 1.82) is 0 Å². The molecule has 2 aromatic carbocycles. The Morgan fingerprint density at radius 3 is 2.80 bits per heavy atom. The molecule has 0 radical (unpaired) electrons. The van der Waals surface area contributed by atoms with E-state index < -0.39 is 0 Å². The summed E-state index contributed by atoms with van der Waals surface area (Å²) in [6, 6.07) is 16.3. The van der Waals surface area contributed by atoms with Gasteiger partial charge in [0.05, 0.1) is 11.4 Å². The first-order valence-corrected chi connectivity index (χ1v) is 8.93. The fourth-order valence-electron chi connectivity index (χ4n) is 2.39. The van der Waals surface area contributed by atoms with Crippen LogP contribution in [0, 0.1) is 5.82 Å². The number of hydrogen-bond donors (Lipinski definition) is 1. The Hall–Kier alpha value is -2.60. The molecule has 0 spiro atoms. The summed E-state index contributed by atoms with van der Waals surface area (Å²) >= 11 is 1.33. The third-order valence-electron chi connectivity index (χ3n) is 3.60. The molecule has 1 aromatic heterocycles. The SMILES string of the molecule is O=C(CSc1nccn1-c1cccc(F)c1)NCCc1ccccc1. The van der Waals surface area contributed by atoms with Crippen LogP contribution in [0.4, 0.5) is 4.39 Å². The lowest BCUT2D eigenvalue weighted by Crippen LogP contribution is -2.27. The summed E-state index contributed by atoms with van der Waals surface area (Å²) in [6.07, 6.45) is 4.19. The number of rotatable bonds is 7. The highest BCUT2D eigenvalue weighted by Crippen LogP contribution is 2.20. The molecule has 0 unspecified atom stereocenters. The molecule has 128 valence electrons. The number of nitrogens with zero attached hydrogens (tertiary/aromatic N) is 2. The third-order valence-corrected chi connectivity index (χ3v) is 4.57. The molecule has 0 atom stereocenters. The van der Waals surface area contributed by atoms with E-state index in [1.54, 1.807) is 29.1 Å². The molecule has 0 bridgehead atoms. The van der Waals surface area contributed by atoms with E-state index in [1.165, 1.54) is 29.5 Å². The van der Waals surface area contributed by atoms with Crippen molar-refractivity contribution in [2.75, 3.05) is 12.3 Å². The van der Waals surface area contributed by atoms with Crippen LogP contribution in [0.2, 0.25) is 0 Å². The van der Waals surface area contributed by atoms with Crippen molar-refractivity contribution in [3.05, 3.63) is 78.4 Å². The number of amides is 1. The van der Waals surface area contributed by atoms with Crippen LogP contribution in [0.5, 0.6) is 0 Å². The van der Waals surface area contributed by atoms with Gasteiger partial charge in [-0.1, -0.05) is 48.2 Å². The second-order valence-electron chi connectivity index (χ2n) is 5.43. The summed E-state index contributed by atoms with van der Waals surface area (Å²) in [5.74, 6) is -0.0864. The van der Waals surface area contributed by atoms with Crippen LogP contribution in [0.15, 0.2) is 72.1 Å². The summed E-state index contributed by atoms with van der Waals surface area (Å²) in [5.41, 5.74) is 1.88. The number of halogens is 1. The maximum Gasteiger partial charge on any atom is 0.230 e. The Morgan fingerprint density at radius 2 is 2.00 bits per heavy atom. The zero-order valence-corrected chi connectivity index (χ0v) is 14.4. The van der Waals surface area contributed by atoms with Crippen LogP contribution < -0.4 is 5.32 Å². The highest BCUT2D eigenvalue weighted by molar-refractivity contribution is 7.99. The van der Waals surface area contributed by atoms with Crippen LogP contribution in [-0.2, 0) is 11.2 Å². The Kier molecular flexibility index (Phi) is 5.85. The van der Waals surface area contributed by atoms with Gasteiger partial charge >= 0.3 is 0 Å². The van der Waals surface area contributed by atoms with Gasteiger partial charge in [-0.15, -0.1) is 0 Å². The first-order valence-electron chi connectivity index (χ1n) is 7.95. The summed E-state index contributed by atoms with van der Waals surface area (Å²) in [5, 5.41) is 3.56. The summed E-state index contributed by atoms with van der Waals surface area (Å²) in [7, 11) is 0. The number of aromatic nitrogens is 2. The average Bonchev–Trinajstić information content (AvgIpc) is 3.09. The lowest BCUT2D eigenvalue weighted by atomic mass is 10.1. The quantitative estimate of drug-likeness (QED) is 0.660. The molecule has 0 aliphatic rings. The largest absolute Gasteiger partial charge is 0.355 e. The van der Waals surface area contributed by atoms with E-state index in [-0.39, 0.29) is 17.5 Å². The van der Waals surface area contributed by atoms with Gasteiger partial charge in [-0.3, -0.25) is 9.36 Å². The molecular weight excluding hydrogens is 337 g/mol. The number of carbonyl (C=O) groups is 1. The smallest absolute Gasteiger partial charge is 0.230 e. The third kappa shape index (κ3) is 4.93. The lowest BCUT2D eigenvalue weighted by Gasteiger charge is -2.08. The molecule has 0 aliphatic heterocycles. The summed E-state index contributed by atoms with van der Waals surface area (Å²) in [6.45, 7) is 0.599. The number of carbonyl (C=O) groups excluding carboxylic acids is 1. The van der Waals surface area contributed by atoms with Crippen molar-refractivity contribution >= 4 is 17.7 Å². The molecule has 1 amide bonds. The molecular formula is C19H18FN3OS. The first-order chi connectivity index (χ1) is 12.2. The van der Waals surface area contributed by atoms with E-state index in [0.717, 1.165) is 6.42 Å². The van der Waals surface area contributed by atoms with Crippen molar-refractivity contribution in [3.8, 4) is 5.69 Å². The summed E-state index contributed by atoms with van der Waals surface area (Å²) < 4.78 is 15.1. The number of nitrogens with one attached hydrogen (secondary N) is 1. The highest BCUT2D eigenvalue weighted by atomic mass is 32.2. The van der Waals surface area contributed by atoms with E-state index >= 15 is 0 Å². The van der Waals surface area contributed by atoms with Crippen molar-refractivity contribution in [2.45, 2.75) is 11.6 Å². The number of benzene rings is 2. The molecule has 0 saturated carbocycles. The first kappa shape index (κ1) is 17.2. The minimum absolute atomic E-state index is 0.0466. The predicted molar refractivity (Wildman–Crippen MR) is 97.4 cm³/mol. The molecule has 0 saturated heterocycles. The van der Waals surface area contributed by atoms with E-state index in [2.05, 4.69) is 10.3 Å². The van der Waals surface area contributed by atoms with Crippen molar-refractivity contribution in [1.82, 2.24) is 14.9 Å². The van der Waals surface area contributed by atoms with E-state index in [0.29, 0.717) is 17.4 Å². The van der Waals surface area contributed by atoms with Crippen LogP contribution in [0.25, 0.3) is 5.69 Å². The van der Waals surface area contributed by atoms with Gasteiger partial charge in [0.2, 0.25) is 5.91 Å². The fraction of sp³-hybridized carbons (Fsp3) is 0.158. The van der Waals surface area contributed by atoms with E-state index in [1.807, 2.05) is 30.3 Å². The highest BCUT2D eigenvalue weighted by Gasteiger charge is 2.09. The van der Waals surface area contributed by atoms with E-state index in [4.69, 9.17) is 0 Å². The molecule has 0 fully saturated rings. The molecule has 3 rings (SSSR count). The standard InChI is InChI=1S/C19H18FN3OS/c20-16-7-4-8-17(13-16)23-12-11-22-19(23)25-14-18(24)21-10-9-15-5-2-1-3-6-15/h1-8,11-13H,9-10,14H2,(H,21,24). The molecule has 1 N–H and O–H groups in total. The molecule has 0 aliphatic carbocycles. The lowest BCUT2D eigenvalue weighted by molar-refractivity contribution is -0.118. The minimum Gasteiger partial charge on any atom is -0.355 e. The molecule has 3 aromatic rings. The Balaban J connectivity index is 1.50. The van der Waals surface area contributed by atoms with Gasteiger partial charge in [-0.25, -0.2) is 9.37 Å². The number of hydrogen-bond acceptors (Lipinski definition) is 3. The molecule has 1 heterocycles. The second kappa shape index (κ2) is 8.48. The Labute approximate surface area is 150 Å². The monoisotopic (exact) mass is 355 g/mol. The van der Waals surface area contributed by atoms with Gasteiger partial charge in [0.15, 0.2) is 5.16 Å². The molecule has 6 heteroatoms. The van der Waals surface area contributed by atoms with Crippen molar-refractivity contribution in [2.24, 2.45) is 0 Å².